The van der Waals surface area contributed by atoms with E-state index in [0.29, 0.717) is 10.4 Å². The lowest BCUT2D eigenvalue weighted by Crippen LogP contribution is -2.02. The molecule has 2 aromatic rings. The van der Waals surface area contributed by atoms with Crippen LogP contribution in [0, 0.1) is 19.7 Å². The fourth-order valence-electron chi connectivity index (χ4n) is 1.59. The molecule has 1 atom stereocenters. The van der Waals surface area contributed by atoms with Crippen LogP contribution in [-0.4, -0.2) is 10.1 Å². The summed E-state index contributed by atoms with van der Waals surface area (Å²) in [5, 5.41) is 10.1. The third-order valence-electron chi connectivity index (χ3n) is 2.48. The van der Waals surface area contributed by atoms with Crippen molar-refractivity contribution in [2.75, 3.05) is 0 Å². The summed E-state index contributed by atoms with van der Waals surface area (Å²) in [6.07, 6.45) is -0.924. The molecule has 0 radical (unpaired) electrons. The summed E-state index contributed by atoms with van der Waals surface area (Å²) in [5.41, 5.74) is 3.64. The van der Waals surface area contributed by atoms with E-state index in [1.54, 1.807) is 17.6 Å². The van der Waals surface area contributed by atoms with E-state index < -0.39 is 6.10 Å². The SMILES string of the molecule is Cc1ccc(F)c(C(O)c2scnc2C)c1. The maximum atomic E-state index is 13.6. The van der Waals surface area contributed by atoms with Gasteiger partial charge in [-0.05, 0) is 19.9 Å². The Morgan fingerprint density at radius 1 is 1.38 bits per heavy atom. The minimum atomic E-state index is -0.924. The molecular formula is C12H12FNOS. The van der Waals surface area contributed by atoms with E-state index in [1.165, 1.54) is 17.4 Å². The number of benzene rings is 1. The van der Waals surface area contributed by atoms with Crippen LogP contribution in [0.4, 0.5) is 4.39 Å². The Kier molecular flexibility index (Phi) is 3.03. The largest absolute Gasteiger partial charge is 0.383 e. The molecule has 1 aromatic heterocycles. The Labute approximate surface area is 97.4 Å². The molecule has 0 bridgehead atoms. The first-order valence-electron chi connectivity index (χ1n) is 4.93. The van der Waals surface area contributed by atoms with Gasteiger partial charge < -0.3 is 5.11 Å². The first kappa shape index (κ1) is 11.2. The average molecular weight is 237 g/mol. The number of thiazole rings is 1. The third-order valence-corrected chi connectivity index (χ3v) is 3.46. The summed E-state index contributed by atoms with van der Waals surface area (Å²) < 4.78 is 13.6. The van der Waals surface area contributed by atoms with E-state index in [0.717, 1.165) is 11.3 Å². The lowest BCUT2D eigenvalue weighted by Gasteiger charge is -2.11. The van der Waals surface area contributed by atoms with Gasteiger partial charge in [0.1, 0.15) is 11.9 Å². The Balaban J connectivity index is 2.45. The van der Waals surface area contributed by atoms with Crippen LogP contribution in [-0.2, 0) is 0 Å². The van der Waals surface area contributed by atoms with Crippen molar-refractivity contribution in [3.63, 3.8) is 0 Å². The predicted octanol–water partition coefficient (Wildman–Crippen LogP) is 2.98. The summed E-state index contributed by atoms with van der Waals surface area (Å²) in [5.74, 6) is -0.383. The van der Waals surface area contributed by atoms with Gasteiger partial charge in [-0.2, -0.15) is 0 Å². The second kappa shape index (κ2) is 4.31. The van der Waals surface area contributed by atoms with Crippen LogP contribution in [0.25, 0.3) is 0 Å². The maximum absolute atomic E-state index is 13.6. The van der Waals surface area contributed by atoms with Crippen molar-refractivity contribution in [1.82, 2.24) is 4.98 Å². The summed E-state index contributed by atoms with van der Waals surface area (Å²) in [7, 11) is 0. The molecule has 0 aliphatic heterocycles. The molecule has 84 valence electrons. The molecule has 4 heteroatoms. The Hall–Kier alpha value is -1.26. The van der Waals surface area contributed by atoms with Gasteiger partial charge in [-0.15, -0.1) is 11.3 Å². The standard InChI is InChI=1S/C12H12FNOS/c1-7-3-4-10(13)9(5-7)11(15)12-8(2)14-6-16-12/h3-6,11,15H,1-2H3. The van der Waals surface area contributed by atoms with Crippen LogP contribution in [0.1, 0.15) is 27.8 Å². The minimum Gasteiger partial charge on any atom is -0.383 e. The van der Waals surface area contributed by atoms with Gasteiger partial charge in [0.25, 0.3) is 0 Å². The highest BCUT2D eigenvalue weighted by Crippen LogP contribution is 2.29. The van der Waals surface area contributed by atoms with Gasteiger partial charge >= 0.3 is 0 Å². The van der Waals surface area contributed by atoms with Crippen LogP contribution in [0.5, 0.6) is 0 Å². The third kappa shape index (κ3) is 1.99. The molecule has 2 rings (SSSR count). The van der Waals surface area contributed by atoms with Crippen LogP contribution < -0.4 is 0 Å². The molecule has 1 N–H and O–H groups in total. The molecule has 2 nitrogen and oxygen atoms in total. The first-order valence-corrected chi connectivity index (χ1v) is 5.81. The zero-order valence-electron chi connectivity index (χ0n) is 9.07. The number of nitrogens with zero attached hydrogens (tertiary/aromatic N) is 1. The summed E-state index contributed by atoms with van der Waals surface area (Å²) >= 11 is 1.34. The van der Waals surface area contributed by atoms with E-state index in [4.69, 9.17) is 0 Å². The van der Waals surface area contributed by atoms with Gasteiger partial charge in [0, 0.05) is 5.56 Å². The van der Waals surface area contributed by atoms with E-state index in [2.05, 4.69) is 4.98 Å². The summed E-state index contributed by atoms with van der Waals surface area (Å²) in [6, 6.07) is 4.73. The molecular weight excluding hydrogens is 225 g/mol. The fraction of sp³-hybridized carbons (Fsp3) is 0.250. The topological polar surface area (TPSA) is 33.1 Å². The lowest BCUT2D eigenvalue weighted by molar-refractivity contribution is 0.217. The maximum Gasteiger partial charge on any atom is 0.129 e. The molecule has 0 aliphatic carbocycles. The van der Waals surface area contributed by atoms with Crippen LogP contribution in [0.2, 0.25) is 0 Å². The Bertz CT molecular complexity index is 509. The summed E-state index contributed by atoms with van der Waals surface area (Å²) in [4.78, 5) is 4.75. The van der Waals surface area contributed by atoms with Crippen molar-refractivity contribution in [3.05, 3.63) is 51.2 Å². The Morgan fingerprint density at radius 3 is 2.75 bits per heavy atom. The predicted molar refractivity (Wildman–Crippen MR) is 62.0 cm³/mol. The molecule has 16 heavy (non-hydrogen) atoms. The van der Waals surface area contributed by atoms with Crippen molar-refractivity contribution in [1.29, 1.82) is 0 Å². The van der Waals surface area contributed by atoms with Crippen molar-refractivity contribution >= 4 is 11.3 Å². The quantitative estimate of drug-likeness (QED) is 0.871. The highest BCUT2D eigenvalue weighted by molar-refractivity contribution is 7.09. The molecule has 1 unspecified atom stereocenters. The van der Waals surface area contributed by atoms with Gasteiger partial charge in [0.05, 0.1) is 16.1 Å². The van der Waals surface area contributed by atoms with Gasteiger partial charge in [-0.25, -0.2) is 9.37 Å². The van der Waals surface area contributed by atoms with Crippen molar-refractivity contribution in [2.24, 2.45) is 0 Å². The molecule has 0 spiro atoms. The normalized spacial score (nSPS) is 12.8. The van der Waals surface area contributed by atoms with Crippen molar-refractivity contribution in [2.45, 2.75) is 20.0 Å². The second-order valence-electron chi connectivity index (χ2n) is 3.73. The number of aromatic nitrogens is 1. The highest BCUT2D eigenvalue weighted by atomic mass is 32.1. The fourth-order valence-corrected chi connectivity index (χ4v) is 2.39. The summed E-state index contributed by atoms with van der Waals surface area (Å²) in [6.45, 7) is 3.68. The second-order valence-corrected chi connectivity index (χ2v) is 4.62. The number of rotatable bonds is 2. The minimum absolute atomic E-state index is 0.312. The van der Waals surface area contributed by atoms with Gasteiger partial charge in [-0.1, -0.05) is 17.7 Å². The molecule has 0 saturated carbocycles. The zero-order chi connectivity index (χ0) is 11.7. The lowest BCUT2D eigenvalue weighted by atomic mass is 10.0. The first-order chi connectivity index (χ1) is 7.59. The number of halogens is 1. The number of aryl methyl sites for hydroxylation is 2. The number of hydrogen-bond donors (Lipinski definition) is 1. The molecule has 0 saturated heterocycles. The van der Waals surface area contributed by atoms with E-state index >= 15 is 0 Å². The van der Waals surface area contributed by atoms with Crippen LogP contribution in [0.3, 0.4) is 0 Å². The van der Waals surface area contributed by atoms with E-state index in [-0.39, 0.29) is 5.82 Å². The average Bonchev–Trinajstić information content (AvgIpc) is 2.67. The van der Waals surface area contributed by atoms with Crippen molar-refractivity contribution < 1.29 is 9.50 Å². The van der Waals surface area contributed by atoms with Crippen molar-refractivity contribution in [3.8, 4) is 0 Å². The van der Waals surface area contributed by atoms with Gasteiger partial charge in [0.2, 0.25) is 0 Å². The monoisotopic (exact) mass is 237 g/mol. The number of aliphatic hydroxyl groups excluding tert-OH is 1. The molecule has 1 aromatic carbocycles. The van der Waals surface area contributed by atoms with Gasteiger partial charge in [0.15, 0.2) is 0 Å². The van der Waals surface area contributed by atoms with E-state index in [1.807, 2.05) is 13.8 Å². The number of aliphatic hydroxyl groups is 1. The highest BCUT2D eigenvalue weighted by Gasteiger charge is 2.18. The van der Waals surface area contributed by atoms with Gasteiger partial charge in [-0.3, -0.25) is 0 Å². The van der Waals surface area contributed by atoms with Crippen LogP contribution in [0.15, 0.2) is 23.7 Å². The molecule has 1 heterocycles. The van der Waals surface area contributed by atoms with Crippen LogP contribution >= 0.6 is 11.3 Å². The van der Waals surface area contributed by atoms with E-state index in [9.17, 15) is 9.50 Å². The number of hydrogen-bond acceptors (Lipinski definition) is 3. The Morgan fingerprint density at radius 2 is 2.12 bits per heavy atom. The zero-order valence-corrected chi connectivity index (χ0v) is 9.88. The molecule has 0 fully saturated rings. The molecule has 0 amide bonds. The smallest absolute Gasteiger partial charge is 0.129 e. The molecule has 0 aliphatic rings.